The van der Waals surface area contributed by atoms with Gasteiger partial charge < -0.3 is 20.3 Å². The lowest BCUT2D eigenvalue weighted by atomic mass is 10.1. The minimum Gasteiger partial charge on any atom is -0.377 e. The molecule has 1 atom stereocenters. The molecule has 1 aliphatic rings. The number of carbonyl (C=O) groups excluding carboxylic acids is 1. The summed E-state index contributed by atoms with van der Waals surface area (Å²) in [6, 6.07) is 8.50. The Bertz CT molecular complexity index is 603. The van der Waals surface area contributed by atoms with Crippen molar-refractivity contribution in [1.82, 2.24) is 15.5 Å². The molecule has 1 heterocycles. The molecule has 26 heavy (non-hydrogen) atoms. The van der Waals surface area contributed by atoms with E-state index < -0.39 is 0 Å². The van der Waals surface area contributed by atoms with Gasteiger partial charge in [0.1, 0.15) is 0 Å². The van der Waals surface area contributed by atoms with Gasteiger partial charge >= 0.3 is 0 Å². The van der Waals surface area contributed by atoms with Crippen molar-refractivity contribution >= 4 is 11.9 Å². The van der Waals surface area contributed by atoms with Crippen molar-refractivity contribution in [3.8, 4) is 0 Å². The fourth-order valence-corrected chi connectivity index (χ4v) is 3.07. The number of nitrogens with one attached hydrogen (secondary N) is 2. The number of hydrogen-bond donors (Lipinski definition) is 2. The average molecular weight is 361 g/mol. The Balaban J connectivity index is 1.98. The van der Waals surface area contributed by atoms with Crippen LogP contribution in [0.4, 0.5) is 0 Å². The Morgan fingerprint density at radius 3 is 2.73 bits per heavy atom. The predicted octanol–water partition coefficient (Wildman–Crippen LogP) is 2.29. The van der Waals surface area contributed by atoms with E-state index in [1.807, 2.05) is 30.9 Å². The van der Waals surface area contributed by atoms with Gasteiger partial charge in [0.2, 0.25) is 5.91 Å². The van der Waals surface area contributed by atoms with Crippen LogP contribution in [-0.4, -0.2) is 49.0 Å². The lowest BCUT2D eigenvalue weighted by Gasteiger charge is -2.19. The van der Waals surface area contributed by atoms with Gasteiger partial charge in [0.15, 0.2) is 5.96 Å². The first kappa shape index (κ1) is 20.2. The highest BCUT2D eigenvalue weighted by molar-refractivity contribution is 5.80. The number of aliphatic imine (C=N–C) groups is 1. The minimum absolute atomic E-state index is 0.223. The predicted molar refractivity (Wildman–Crippen MR) is 105 cm³/mol. The van der Waals surface area contributed by atoms with Crippen LogP contribution in [0.5, 0.6) is 0 Å². The van der Waals surface area contributed by atoms with E-state index in [1.165, 1.54) is 11.1 Å². The van der Waals surface area contributed by atoms with Gasteiger partial charge in [-0.05, 0) is 31.4 Å². The van der Waals surface area contributed by atoms with Gasteiger partial charge in [-0.1, -0.05) is 31.2 Å². The molecular weight excluding hydrogens is 328 g/mol. The topological polar surface area (TPSA) is 66.0 Å². The van der Waals surface area contributed by atoms with Gasteiger partial charge in [-0.3, -0.25) is 4.79 Å². The van der Waals surface area contributed by atoms with Gasteiger partial charge in [0.25, 0.3) is 0 Å². The maximum Gasteiger partial charge on any atom is 0.222 e. The third kappa shape index (κ3) is 6.02. The molecule has 1 aromatic rings. The molecule has 6 heteroatoms. The molecule has 1 aliphatic heterocycles. The van der Waals surface area contributed by atoms with Crippen molar-refractivity contribution in [3.05, 3.63) is 35.4 Å². The van der Waals surface area contributed by atoms with E-state index in [0.717, 1.165) is 32.0 Å². The van der Waals surface area contributed by atoms with E-state index in [-0.39, 0.29) is 11.9 Å². The molecule has 1 saturated heterocycles. The summed E-state index contributed by atoms with van der Waals surface area (Å²) in [5.41, 5.74) is 2.35. The number of benzene rings is 1. The van der Waals surface area contributed by atoms with Gasteiger partial charge in [-0.2, -0.15) is 0 Å². The van der Waals surface area contributed by atoms with Crippen LogP contribution in [0.25, 0.3) is 0 Å². The van der Waals surface area contributed by atoms with E-state index in [4.69, 9.17) is 9.73 Å². The van der Waals surface area contributed by atoms with E-state index in [2.05, 4.69) is 29.7 Å². The monoisotopic (exact) mass is 360 g/mol. The third-order valence-electron chi connectivity index (χ3n) is 4.52. The molecule has 1 amide bonds. The Hall–Kier alpha value is -2.08. The molecule has 0 radical (unpaired) electrons. The van der Waals surface area contributed by atoms with Crippen molar-refractivity contribution in [2.75, 3.05) is 26.2 Å². The summed E-state index contributed by atoms with van der Waals surface area (Å²) >= 11 is 0. The lowest BCUT2D eigenvalue weighted by Crippen LogP contribution is -2.45. The summed E-state index contributed by atoms with van der Waals surface area (Å²) in [7, 11) is 0. The Morgan fingerprint density at radius 2 is 2.04 bits per heavy atom. The molecule has 144 valence electrons. The van der Waals surface area contributed by atoms with Gasteiger partial charge in [-0.15, -0.1) is 0 Å². The number of rotatable bonds is 8. The van der Waals surface area contributed by atoms with Crippen LogP contribution in [0.15, 0.2) is 29.3 Å². The van der Waals surface area contributed by atoms with Gasteiger partial charge in [-0.25, -0.2) is 4.99 Å². The number of nitrogens with zero attached hydrogens (tertiary/aromatic N) is 2. The van der Waals surface area contributed by atoms with Gasteiger partial charge in [0, 0.05) is 38.7 Å². The average Bonchev–Trinajstić information content (AvgIpc) is 3.13. The zero-order valence-corrected chi connectivity index (χ0v) is 16.3. The van der Waals surface area contributed by atoms with E-state index in [9.17, 15) is 4.79 Å². The Morgan fingerprint density at radius 1 is 1.27 bits per heavy atom. The quantitative estimate of drug-likeness (QED) is 0.551. The molecule has 0 aliphatic carbocycles. The van der Waals surface area contributed by atoms with E-state index in [1.54, 1.807) is 0 Å². The molecule has 0 saturated carbocycles. The first-order valence-corrected chi connectivity index (χ1v) is 9.65. The molecule has 1 unspecified atom stereocenters. The van der Waals surface area contributed by atoms with Crippen LogP contribution >= 0.6 is 0 Å². The maximum absolute atomic E-state index is 11.8. The highest BCUT2D eigenvalue weighted by Crippen LogP contribution is 2.13. The second kappa shape index (κ2) is 10.8. The SMILES string of the molecule is CCNC(=NCc1ccccc1COCC)NC1CCN(C(=O)CC)C1. The Labute approximate surface area is 157 Å². The number of guanidine groups is 1. The number of amides is 1. The zero-order valence-electron chi connectivity index (χ0n) is 16.3. The second-order valence-corrected chi connectivity index (χ2v) is 6.42. The van der Waals surface area contributed by atoms with Crippen LogP contribution in [0, 0.1) is 0 Å². The van der Waals surface area contributed by atoms with Crippen LogP contribution in [0.1, 0.15) is 44.7 Å². The van der Waals surface area contributed by atoms with Crippen molar-refractivity contribution in [2.45, 2.75) is 52.8 Å². The third-order valence-corrected chi connectivity index (χ3v) is 4.52. The summed E-state index contributed by atoms with van der Waals surface area (Å²) < 4.78 is 5.55. The molecule has 6 nitrogen and oxygen atoms in total. The van der Waals surface area contributed by atoms with Crippen LogP contribution < -0.4 is 10.6 Å². The minimum atomic E-state index is 0.223. The highest BCUT2D eigenvalue weighted by Gasteiger charge is 2.25. The van der Waals surface area contributed by atoms with Crippen LogP contribution in [0.2, 0.25) is 0 Å². The van der Waals surface area contributed by atoms with Crippen LogP contribution in [-0.2, 0) is 22.7 Å². The summed E-state index contributed by atoms with van der Waals surface area (Å²) in [6.07, 6.45) is 1.52. The normalized spacial score (nSPS) is 17.4. The number of carbonyl (C=O) groups is 1. The smallest absolute Gasteiger partial charge is 0.222 e. The van der Waals surface area contributed by atoms with Crippen molar-refractivity contribution < 1.29 is 9.53 Å². The van der Waals surface area contributed by atoms with Crippen LogP contribution in [0.3, 0.4) is 0 Å². The fraction of sp³-hybridized carbons (Fsp3) is 0.600. The zero-order chi connectivity index (χ0) is 18.8. The second-order valence-electron chi connectivity index (χ2n) is 6.42. The van der Waals surface area contributed by atoms with Crippen molar-refractivity contribution in [1.29, 1.82) is 0 Å². The summed E-state index contributed by atoms with van der Waals surface area (Å²) in [5.74, 6) is 1.02. The van der Waals surface area contributed by atoms with Crippen molar-refractivity contribution in [2.24, 2.45) is 4.99 Å². The molecule has 0 aromatic heterocycles. The van der Waals surface area contributed by atoms with Crippen molar-refractivity contribution in [3.63, 3.8) is 0 Å². The molecule has 2 N–H and O–H groups in total. The van der Waals surface area contributed by atoms with E-state index >= 15 is 0 Å². The highest BCUT2D eigenvalue weighted by atomic mass is 16.5. The van der Waals surface area contributed by atoms with Gasteiger partial charge in [0.05, 0.1) is 13.2 Å². The molecule has 0 bridgehead atoms. The Kier molecular flexibility index (Phi) is 8.41. The number of ether oxygens (including phenoxy) is 1. The molecular formula is C20H32N4O2. The summed E-state index contributed by atoms with van der Waals surface area (Å²) in [4.78, 5) is 18.5. The molecule has 1 fully saturated rings. The summed E-state index contributed by atoms with van der Waals surface area (Å²) in [6.45, 7) is 10.3. The summed E-state index contributed by atoms with van der Waals surface area (Å²) in [5, 5.41) is 6.78. The maximum atomic E-state index is 11.8. The standard InChI is InChI=1S/C20H32N4O2/c1-4-19(25)24-12-11-18(14-24)23-20(21-5-2)22-13-16-9-7-8-10-17(16)15-26-6-3/h7-10,18H,4-6,11-15H2,1-3H3,(H2,21,22,23). The number of hydrogen-bond acceptors (Lipinski definition) is 3. The first-order valence-electron chi connectivity index (χ1n) is 9.65. The number of likely N-dealkylation sites (tertiary alicyclic amines) is 1. The largest absolute Gasteiger partial charge is 0.377 e. The first-order chi connectivity index (χ1) is 12.7. The molecule has 2 rings (SSSR count). The molecule has 0 spiro atoms. The lowest BCUT2D eigenvalue weighted by molar-refractivity contribution is -0.129. The fourth-order valence-electron chi connectivity index (χ4n) is 3.07. The molecule has 1 aromatic carbocycles. The van der Waals surface area contributed by atoms with E-state index in [0.29, 0.717) is 26.2 Å².